The summed E-state index contributed by atoms with van der Waals surface area (Å²) in [6, 6.07) is 4.93. The maximum Gasteiger partial charge on any atom is 0.321 e. The molecule has 0 spiro atoms. The number of nitrogens with zero attached hydrogens (tertiary/aromatic N) is 2. The third-order valence-electron chi connectivity index (χ3n) is 3.90. The topological polar surface area (TPSA) is 95.7 Å². The number of benzene rings is 1. The molecule has 1 atom stereocenters. The van der Waals surface area contributed by atoms with Gasteiger partial charge in [-0.05, 0) is 31.0 Å². The van der Waals surface area contributed by atoms with E-state index in [-0.39, 0.29) is 12.6 Å². The highest BCUT2D eigenvalue weighted by molar-refractivity contribution is 5.91. The number of carboxylic acid groups (broad SMARTS) is 1. The van der Waals surface area contributed by atoms with Gasteiger partial charge in [0.15, 0.2) is 11.5 Å². The van der Waals surface area contributed by atoms with Crippen LogP contribution in [0.3, 0.4) is 0 Å². The van der Waals surface area contributed by atoms with Gasteiger partial charge in [-0.25, -0.2) is 9.78 Å². The van der Waals surface area contributed by atoms with Crippen molar-refractivity contribution in [2.45, 2.75) is 25.7 Å². The Hall–Kier alpha value is -2.57. The summed E-state index contributed by atoms with van der Waals surface area (Å²) in [5, 5.41) is 11.6. The van der Waals surface area contributed by atoms with E-state index in [4.69, 9.17) is 9.52 Å². The number of oxazole rings is 1. The largest absolute Gasteiger partial charge is 0.481 e. The van der Waals surface area contributed by atoms with Crippen molar-refractivity contribution >= 4 is 28.8 Å². The fourth-order valence-corrected chi connectivity index (χ4v) is 2.32. The van der Waals surface area contributed by atoms with Crippen LogP contribution < -0.4 is 5.32 Å². The van der Waals surface area contributed by atoms with Gasteiger partial charge in [0.1, 0.15) is 5.52 Å². The Morgan fingerprint density at radius 3 is 2.87 bits per heavy atom. The van der Waals surface area contributed by atoms with Gasteiger partial charge in [0.25, 0.3) is 0 Å². The SMILES string of the molecule is CC(CN(C)C(=O)Nc1ccc2oc(C3CC3)nc2c1)C(=O)O. The van der Waals surface area contributed by atoms with E-state index >= 15 is 0 Å². The van der Waals surface area contributed by atoms with Gasteiger partial charge in [-0.1, -0.05) is 6.92 Å². The molecule has 7 heteroatoms. The summed E-state index contributed by atoms with van der Waals surface area (Å²) in [6.07, 6.45) is 2.23. The lowest BCUT2D eigenvalue weighted by atomic mass is 10.2. The van der Waals surface area contributed by atoms with E-state index in [0.29, 0.717) is 22.7 Å². The number of anilines is 1. The standard InChI is InChI=1S/C16H19N3O4/c1-9(15(20)21)8-19(2)16(22)17-11-5-6-13-12(7-11)18-14(23-13)10-3-4-10/h5-7,9-10H,3-4,8H2,1-2H3,(H,17,22)(H,20,21). The number of nitrogens with one attached hydrogen (secondary N) is 1. The van der Waals surface area contributed by atoms with Gasteiger partial charge in [-0.2, -0.15) is 0 Å². The first-order chi connectivity index (χ1) is 10.9. The molecule has 1 unspecified atom stereocenters. The molecule has 0 radical (unpaired) electrons. The highest BCUT2D eigenvalue weighted by Gasteiger charge is 2.29. The number of aromatic nitrogens is 1. The molecule has 1 aromatic carbocycles. The van der Waals surface area contributed by atoms with Gasteiger partial charge in [-0.15, -0.1) is 0 Å². The van der Waals surface area contributed by atoms with Crippen molar-refractivity contribution in [1.82, 2.24) is 9.88 Å². The third-order valence-corrected chi connectivity index (χ3v) is 3.90. The first-order valence-electron chi connectivity index (χ1n) is 7.59. The lowest BCUT2D eigenvalue weighted by Gasteiger charge is -2.19. The van der Waals surface area contributed by atoms with Crippen LogP contribution >= 0.6 is 0 Å². The molecule has 0 saturated heterocycles. The molecule has 0 aliphatic heterocycles. The number of amides is 2. The maximum atomic E-state index is 12.1. The van der Waals surface area contributed by atoms with Crippen LogP contribution in [-0.4, -0.2) is 40.6 Å². The first-order valence-corrected chi connectivity index (χ1v) is 7.59. The van der Waals surface area contributed by atoms with E-state index in [1.54, 1.807) is 32.2 Å². The molecule has 1 heterocycles. The molecule has 1 saturated carbocycles. The first kappa shape index (κ1) is 15.3. The number of carbonyl (C=O) groups is 2. The molecule has 1 fully saturated rings. The van der Waals surface area contributed by atoms with Crippen molar-refractivity contribution in [3.05, 3.63) is 24.1 Å². The van der Waals surface area contributed by atoms with E-state index < -0.39 is 11.9 Å². The number of fused-ring (bicyclic) bond motifs is 1. The second-order valence-electron chi connectivity index (χ2n) is 6.06. The molecule has 2 amide bonds. The van der Waals surface area contributed by atoms with Crippen molar-refractivity contribution in [2.24, 2.45) is 5.92 Å². The van der Waals surface area contributed by atoms with Gasteiger partial charge in [-0.3, -0.25) is 4.79 Å². The van der Waals surface area contributed by atoms with Crippen molar-refractivity contribution in [2.75, 3.05) is 18.9 Å². The molecule has 7 nitrogen and oxygen atoms in total. The van der Waals surface area contributed by atoms with Crippen LogP contribution in [0.2, 0.25) is 0 Å². The zero-order valence-corrected chi connectivity index (χ0v) is 13.1. The molecular formula is C16H19N3O4. The van der Waals surface area contributed by atoms with Gasteiger partial charge < -0.3 is 19.7 Å². The fraction of sp³-hybridized carbons (Fsp3) is 0.438. The van der Waals surface area contributed by atoms with E-state index in [1.165, 1.54) is 4.90 Å². The molecule has 23 heavy (non-hydrogen) atoms. The molecule has 2 aromatic rings. The zero-order chi connectivity index (χ0) is 16.6. The monoisotopic (exact) mass is 317 g/mol. The van der Waals surface area contributed by atoms with E-state index in [0.717, 1.165) is 18.7 Å². The Bertz CT molecular complexity index is 751. The van der Waals surface area contributed by atoms with Crippen LogP contribution in [0.25, 0.3) is 11.1 Å². The Morgan fingerprint density at radius 2 is 2.22 bits per heavy atom. The van der Waals surface area contributed by atoms with E-state index in [2.05, 4.69) is 10.3 Å². The Balaban J connectivity index is 1.68. The van der Waals surface area contributed by atoms with Gasteiger partial charge >= 0.3 is 12.0 Å². The number of hydrogen-bond donors (Lipinski definition) is 2. The number of carboxylic acids is 1. The molecule has 1 aliphatic carbocycles. The van der Waals surface area contributed by atoms with Gasteiger partial charge in [0.2, 0.25) is 0 Å². The van der Waals surface area contributed by atoms with Crippen LogP contribution in [0, 0.1) is 5.92 Å². The van der Waals surface area contributed by atoms with Crippen LogP contribution in [0.5, 0.6) is 0 Å². The highest BCUT2D eigenvalue weighted by Crippen LogP contribution is 2.40. The van der Waals surface area contributed by atoms with Crippen molar-refractivity contribution < 1.29 is 19.1 Å². The van der Waals surface area contributed by atoms with E-state index in [9.17, 15) is 9.59 Å². The number of hydrogen-bond acceptors (Lipinski definition) is 4. The summed E-state index contributed by atoms with van der Waals surface area (Å²) < 4.78 is 5.68. The third kappa shape index (κ3) is 3.44. The molecule has 1 aliphatic rings. The number of urea groups is 1. The summed E-state index contributed by atoms with van der Waals surface area (Å²) in [5.41, 5.74) is 2.02. The Labute approximate surface area is 133 Å². The van der Waals surface area contributed by atoms with Gasteiger partial charge in [0, 0.05) is 25.2 Å². The molecule has 122 valence electrons. The lowest BCUT2D eigenvalue weighted by Crippen LogP contribution is -2.36. The summed E-state index contributed by atoms with van der Waals surface area (Å²) in [4.78, 5) is 28.8. The van der Waals surface area contributed by atoms with Gasteiger partial charge in [0.05, 0.1) is 5.92 Å². The number of carbonyl (C=O) groups excluding carboxylic acids is 1. The van der Waals surface area contributed by atoms with Crippen molar-refractivity contribution in [1.29, 1.82) is 0 Å². The minimum atomic E-state index is -0.929. The van der Waals surface area contributed by atoms with Crippen LogP contribution in [0.15, 0.2) is 22.6 Å². The number of aliphatic carboxylic acids is 1. The molecule has 0 bridgehead atoms. The Morgan fingerprint density at radius 1 is 1.48 bits per heavy atom. The van der Waals surface area contributed by atoms with Crippen molar-refractivity contribution in [3.63, 3.8) is 0 Å². The second-order valence-corrected chi connectivity index (χ2v) is 6.06. The summed E-state index contributed by atoms with van der Waals surface area (Å²) in [7, 11) is 1.56. The number of rotatable bonds is 5. The lowest BCUT2D eigenvalue weighted by molar-refractivity contribution is -0.141. The minimum absolute atomic E-state index is 0.138. The summed E-state index contributed by atoms with van der Waals surface area (Å²) in [6.45, 7) is 1.70. The average molecular weight is 317 g/mol. The maximum absolute atomic E-state index is 12.1. The predicted octanol–water partition coefficient (Wildman–Crippen LogP) is 2.89. The average Bonchev–Trinajstić information content (AvgIpc) is 3.26. The smallest absolute Gasteiger partial charge is 0.321 e. The highest BCUT2D eigenvalue weighted by atomic mass is 16.4. The normalized spacial score (nSPS) is 15.4. The summed E-state index contributed by atoms with van der Waals surface area (Å²) in [5.74, 6) is -0.355. The quantitative estimate of drug-likeness (QED) is 0.884. The van der Waals surface area contributed by atoms with Crippen LogP contribution in [0.1, 0.15) is 31.6 Å². The van der Waals surface area contributed by atoms with Crippen LogP contribution in [0.4, 0.5) is 10.5 Å². The molecular weight excluding hydrogens is 298 g/mol. The van der Waals surface area contributed by atoms with E-state index in [1.807, 2.05) is 0 Å². The second kappa shape index (κ2) is 5.91. The predicted molar refractivity (Wildman–Crippen MR) is 84.4 cm³/mol. The zero-order valence-electron chi connectivity index (χ0n) is 13.1. The fourth-order valence-electron chi connectivity index (χ4n) is 2.32. The summed E-state index contributed by atoms with van der Waals surface area (Å²) >= 11 is 0. The van der Waals surface area contributed by atoms with Crippen LogP contribution in [-0.2, 0) is 4.79 Å². The molecule has 1 aromatic heterocycles. The minimum Gasteiger partial charge on any atom is -0.481 e. The van der Waals surface area contributed by atoms with Crippen molar-refractivity contribution in [3.8, 4) is 0 Å². The Kier molecular flexibility index (Phi) is 3.94. The molecule has 2 N–H and O–H groups in total. The molecule has 3 rings (SSSR count).